The van der Waals surface area contributed by atoms with E-state index in [2.05, 4.69) is 20.1 Å². The number of fused-ring (bicyclic) bond motifs is 2. The Bertz CT molecular complexity index is 2880. The van der Waals surface area contributed by atoms with Gasteiger partial charge in [0.15, 0.2) is 0 Å². The van der Waals surface area contributed by atoms with Gasteiger partial charge < -0.3 is 20.8 Å². The highest BCUT2D eigenvalue weighted by atomic mass is 32.2. The van der Waals surface area contributed by atoms with Crippen LogP contribution in [0.4, 0.5) is 27.5 Å². The molecule has 0 aromatic heterocycles. The summed E-state index contributed by atoms with van der Waals surface area (Å²) in [6.45, 7) is 2.97. The minimum absolute atomic E-state index is 0.00259. The summed E-state index contributed by atoms with van der Waals surface area (Å²) in [6, 6.07) is 18.8. The lowest BCUT2D eigenvalue weighted by Gasteiger charge is -2.16. The highest BCUT2D eigenvalue weighted by molar-refractivity contribution is 7.93. The Morgan fingerprint density at radius 3 is 1.23 bits per heavy atom. The molecule has 0 saturated carbocycles. The number of carbonyl (C=O) groups is 1. The van der Waals surface area contributed by atoms with E-state index in [0.717, 1.165) is 36.4 Å². The summed E-state index contributed by atoms with van der Waals surface area (Å²) in [5.74, 6) is -1.05. The Morgan fingerprint density at radius 2 is 0.875 bits per heavy atom. The second-order valence-corrected chi connectivity index (χ2v) is 18.4. The molecular formula is C35H30N4O13S4. The second-order valence-electron chi connectivity index (χ2n) is 12.3. The molecule has 0 radical (unpaired) electrons. The van der Waals surface area contributed by atoms with Crippen LogP contribution in [-0.4, -0.2) is 59.0 Å². The molecule has 0 aliphatic carbocycles. The lowest BCUT2D eigenvalue weighted by atomic mass is 10.1. The third kappa shape index (κ3) is 7.89. The minimum Gasteiger partial charge on any atom is -0.507 e. The molecule has 292 valence electrons. The van der Waals surface area contributed by atoms with E-state index in [-0.39, 0.29) is 65.2 Å². The zero-order chi connectivity index (χ0) is 41.0. The van der Waals surface area contributed by atoms with Crippen LogP contribution in [-0.2, 0) is 40.3 Å². The number of amides is 2. The standard InChI is InChI=1S/C35H30N4O13S4/c1-19-9-11-21(17-31(19)53(43,44)38-25-13-15-27(40)33-23(25)5-3-7-29(33)55(47,48)49)36-35(42)37-22-12-10-20(2)32(18-22)54(45,46)39-26-14-16-28(41)34-24(26)6-4-8-30(34)56(50,51)52/h3-18,38-41H,1-2H3,(H2,36,37,42)(H,47,48,49)(H,50,51,52). The maximum Gasteiger partial charge on any atom is 0.323 e. The number of aryl methyl sites for hydroxylation is 2. The highest BCUT2D eigenvalue weighted by Crippen LogP contribution is 2.38. The summed E-state index contributed by atoms with van der Waals surface area (Å²) in [7, 11) is -18.5. The maximum absolute atomic E-state index is 13.6. The van der Waals surface area contributed by atoms with Gasteiger partial charge in [-0.1, -0.05) is 36.4 Å². The van der Waals surface area contributed by atoms with Crippen molar-refractivity contribution < 1.29 is 57.8 Å². The fourth-order valence-electron chi connectivity index (χ4n) is 5.95. The second kappa shape index (κ2) is 14.3. The summed E-state index contributed by atoms with van der Waals surface area (Å²) in [4.78, 5) is 11.2. The molecule has 6 rings (SSSR count). The number of phenolic OH excluding ortho intramolecular Hbond substituents is 2. The van der Waals surface area contributed by atoms with Crippen LogP contribution in [0.5, 0.6) is 11.5 Å². The summed E-state index contributed by atoms with van der Waals surface area (Å²) < 4.78 is 126. The fraction of sp³-hybridized carbons (Fsp3) is 0.0571. The quantitative estimate of drug-likeness (QED) is 0.0602. The van der Waals surface area contributed by atoms with Crippen molar-refractivity contribution in [1.82, 2.24) is 0 Å². The number of carbonyl (C=O) groups excluding carboxylic acids is 1. The predicted molar refractivity (Wildman–Crippen MR) is 207 cm³/mol. The minimum atomic E-state index is -4.80. The van der Waals surface area contributed by atoms with Crippen LogP contribution in [0.25, 0.3) is 21.5 Å². The van der Waals surface area contributed by atoms with E-state index in [1.165, 1.54) is 74.5 Å². The molecule has 2 amide bonds. The number of aromatic hydroxyl groups is 2. The average Bonchev–Trinajstić information content (AvgIpc) is 3.11. The van der Waals surface area contributed by atoms with Gasteiger partial charge in [0.1, 0.15) is 21.3 Å². The number of anilines is 4. The first-order valence-corrected chi connectivity index (χ1v) is 21.7. The van der Waals surface area contributed by atoms with Gasteiger partial charge in [0.05, 0.1) is 21.2 Å². The van der Waals surface area contributed by atoms with Gasteiger partial charge in [0.2, 0.25) is 0 Å². The van der Waals surface area contributed by atoms with E-state index in [9.17, 15) is 57.8 Å². The fourth-order valence-corrected chi connectivity index (χ4v) is 10.1. The number of benzene rings is 6. The lowest BCUT2D eigenvalue weighted by Crippen LogP contribution is -2.21. The molecule has 0 aliphatic rings. The van der Waals surface area contributed by atoms with E-state index in [4.69, 9.17) is 0 Å². The number of nitrogens with one attached hydrogen (secondary N) is 4. The van der Waals surface area contributed by atoms with Gasteiger partial charge in [-0.3, -0.25) is 18.5 Å². The molecule has 0 fully saturated rings. The first kappa shape index (κ1) is 39.7. The highest BCUT2D eigenvalue weighted by Gasteiger charge is 2.25. The molecule has 17 nitrogen and oxygen atoms in total. The van der Waals surface area contributed by atoms with Gasteiger partial charge in [-0.2, -0.15) is 16.8 Å². The molecule has 6 aromatic rings. The number of hydrogen-bond donors (Lipinski definition) is 8. The monoisotopic (exact) mass is 842 g/mol. The molecule has 8 N–H and O–H groups in total. The number of hydrogen-bond acceptors (Lipinski definition) is 11. The van der Waals surface area contributed by atoms with Crippen LogP contribution in [0.2, 0.25) is 0 Å². The molecule has 6 aromatic carbocycles. The van der Waals surface area contributed by atoms with Gasteiger partial charge >= 0.3 is 6.03 Å². The van der Waals surface area contributed by atoms with Crippen LogP contribution in [0.3, 0.4) is 0 Å². The smallest absolute Gasteiger partial charge is 0.323 e. The van der Waals surface area contributed by atoms with Gasteiger partial charge in [0, 0.05) is 32.9 Å². The normalized spacial score (nSPS) is 12.4. The SMILES string of the molecule is Cc1ccc(NC(=O)Nc2ccc(C)c(S(=O)(=O)Nc3ccc(O)c4c(S(=O)(=O)O)cccc34)c2)cc1S(=O)(=O)Nc1ccc(O)c2c(S(=O)(=O)O)cccc12. The Morgan fingerprint density at radius 1 is 0.500 bits per heavy atom. The molecule has 0 heterocycles. The van der Waals surface area contributed by atoms with E-state index in [1.807, 2.05) is 0 Å². The first-order valence-electron chi connectivity index (χ1n) is 15.9. The van der Waals surface area contributed by atoms with E-state index >= 15 is 0 Å². The Hall–Kier alpha value is -5.97. The number of urea groups is 1. The molecule has 56 heavy (non-hydrogen) atoms. The van der Waals surface area contributed by atoms with Gasteiger partial charge in [-0.15, -0.1) is 0 Å². The van der Waals surface area contributed by atoms with Gasteiger partial charge in [-0.25, -0.2) is 21.6 Å². The zero-order valence-corrected chi connectivity index (χ0v) is 32.1. The van der Waals surface area contributed by atoms with Crippen molar-refractivity contribution in [2.75, 3.05) is 20.1 Å². The van der Waals surface area contributed by atoms with Crippen LogP contribution in [0.15, 0.2) is 117 Å². The van der Waals surface area contributed by atoms with Crippen LogP contribution >= 0.6 is 0 Å². The number of phenols is 2. The van der Waals surface area contributed by atoms with E-state index in [0.29, 0.717) is 0 Å². The van der Waals surface area contributed by atoms with Crippen molar-refractivity contribution in [2.24, 2.45) is 0 Å². The van der Waals surface area contributed by atoms with Crippen molar-refractivity contribution in [1.29, 1.82) is 0 Å². The van der Waals surface area contributed by atoms with Crippen LogP contribution < -0.4 is 20.1 Å². The summed E-state index contributed by atoms with van der Waals surface area (Å²) in [5, 5.41) is 25.0. The molecule has 0 bridgehead atoms. The van der Waals surface area contributed by atoms with Crippen LogP contribution in [0.1, 0.15) is 11.1 Å². The summed E-state index contributed by atoms with van der Waals surface area (Å²) in [5.41, 5.74) is 0.258. The number of sulfonamides is 2. The van der Waals surface area contributed by atoms with Gasteiger partial charge in [0.25, 0.3) is 40.3 Å². The van der Waals surface area contributed by atoms with E-state index < -0.39 is 67.6 Å². The van der Waals surface area contributed by atoms with Crippen molar-refractivity contribution in [3.63, 3.8) is 0 Å². The topological polar surface area (TPSA) is 283 Å². The van der Waals surface area contributed by atoms with Crippen LogP contribution in [0, 0.1) is 13.8 Å². The maximum atomic E-state index is 13.6. The largest absolute Gasteiger partial charge is 0.507 e. The van der Waals surface area contributed by atoms with Crippen molar-refractivity contribution in [2.45, 2.75) is 33.4 Å². The zero-order valence-electron chi connectivity index (χ0n) is 28.8. The summed E-state index contributed by atoms with van der Waals surface area (Å²) in [6.07, 6.45) is 0. The average molecular weight is 843 g/mol. The Kier molecular flexibility index (Phi) is 10.1. The van der Waals surface area contributed by atoms with Crippen molar-refractivity contribution >= 4 is 90.6 Å². The Balaban J connectivity index is 1.24. The molecule has 0 saturated heterocycles. The number of rotatable bonds is 10. The van der Waals surface area contributed by atoms with Crippen molar-refractivity contribution in [3.8, 4) is 11.5 Å². The third-order valence-corrected chi connectivity index (χ3v) is 13.3. The molecule has 0 aliphatic heterocycles. The lowest BCUT2D eigenvalue weighted by molar-refractivity contribution is 0.262. The Labute approximate surface area is 320 Å². The first-order chi connectivity index (χ1) is 26.1. The van der Waals surface area contributed by atoms with E-state index in [1.54, 1.807) is 0 Å². The molecule has 0 unspecified atom stereocenters. The third-order valence-electron chi connectivity index (χ3n) is 8.48. The van der Waals surface area contributed by atoms with Gasteiger partial charge in [-0.05, 0) is 85.6 Å². The summed E-state index contributed by atoms with van der Waals surface area (Å²) >= 11 is 0. The molecule has 0 atom stereocenters. The predicted octanol–water partition coefficient (Wildman–Crippen LogP) is 5.76. The van der Waals surface area contributed by atoms with Crippen molar-refractivity contribution in [3.05, 3.63) is 108 Å². The molecule has 21 heteroatoms. The molecular weight excluding hydrogens is 813 g/mol. The molecule has 0 spiro atoms.